The van der Waals surface area contributed by atoms with Crippen molar-refractivity contribution in [1.29, 1.82) is 0 Å². The molecule has 1 aliphatic rings. The molecule has 2 N–H and O–H groups in total. The van der Waals surface area contributed by atoms with Crippen molar-refractivity contribution in [3.8, 4) is 11.1 Å². The minimum Gasteiger partial charge on any atom is -0.480 e. The molecule has 34 heavy (non-hydrogen) atoms. The first-order valence-corrected chi connectivity index (χ1v) is 10.7. The quantitative estimate of drug-likeness (QED) is 0.594. The van der Waals surface area contributed by atoms with Gasteiger partial charge in [0.15, 0.2) is 0 Å². The molecule has 3 rings (SSSR count). The third-order valence-corrected chi connectivity index (χ3v) is 5.86. The summed E-state index contributed by atoms with van der Waals surface area (Å²) in [6, 6.07) is 11.8. The molecule has 0 saturated heterocycles. The number of carboxylic acids is 1. The first-order valence-electron chi connectivity index (χ1n) is 10.7. The van der Waals surface area contributed by atoms with Crippen molar-refractivity contribution in [2.24, 2.45) is 0 Å². The average molecular weight is 478 g/mol. The van der Waals surface area contributed by atoms with Gasteiger partial charge in [-0.25, -0.2) is 9.59 Å². The van der Waals surface area contributed by atoms with Crippen LogP contribution in [0.25, 0.3) is 11.1 Å². The Morgan fingerprint density at radius 1 is 1.06 bits per heavy atom. The molecular weight excluding hydrogens is 453 g/mol. The number of nitrogens with zero attached hydrogens (tertiary/aromatic N) is 1. The van der Waals surface area contributed by atoms with Crippen molar-refractivity contribution < 1.29 is 37.4 Å². The highest BCUT2D eigenvalue weighted by molar-refractivity contribution is 5.89. The summed E-state index contributed by atoms with van der Waals surface area (Å²) in [6.45, 7) is 1.34. The molecule has 0 aliphatic heterocycles. The van der Waals surface area contributed by atoms with E-state index in [0.717, 1.165) is 29.3 Å². The minimum atomic E-state index is -4.78. The third-order valence-electron chi connectivity index (χ3n) is 5.86. The zero-order valence-corrected chi connectivity index (χ0v) is 18.6. The number of amides is 2. The zero-order chi connectivity index (χ0) is 25.0. The number of aliphatic carboxylic acids is 1. The predicted octanol–water partition coefficient (Wildman–Crippen LogP) is 4.17. The van der Waals surface area contributed by atoms with Crippen molar-refractivity contribution in [3.05, 3.63) is 59.7 Å². The maximum atomic E-state index is 13.1. The number of hydrogen-bond acceptors (Lipinski definition) is 4. The summed E-state index contributed by atoms with van der Waals surface area (Å²) in [4.78, 5) is 37.1. The van der Waals surface area contributed by atoms with E-state index in [1.807, 2.05) is 53.8 Å². The second-order valence-electron chi connectivity index (χ2n) is 8.05. The summed E-state index contributed by atoms with van der Waals surface area (Å²) in [7, 11) is 1.09. The molecule has 2 amide bonds. The molecule has 0 saturated carbocycles. The molecule has 0 radical (unpaired) electrons. The summed E-state index contributed by atoms with van der Waals surface area (Å²) < 4.78 is 44.6. The van der Waals surface area contributed by atoms with Gasteiger partial charge in [-0.05, 0) is 28.7 Å². The van der Waals surface area contributed by atoms with Crippen molar-refractivity contribution in [2.75, 3.05) is 13.7 Å². The van der Waals surface area contributed by atoms with Crippen molar-refractivity contribution in [2.45, 2.75) is 43.9 Å². The zero-order valence-electron chi connectivity index (χ0n) is 18.6. The monoisotopic (exact) mass is 478 g/mol. The van der Waals surface area contributed by atoms with Gasteiger partial charge in [-0.1, -0.05) is 55.5 Å². The van der Waals surface area contributed by atoms with Gasteiger partial charge in [0, 0.05) is 13.0 Å². The summed E-state index contributed by atoms with van der Waals surface area (Å²) in [5, 5.41) is 11.2. The van der Waals surface area contributed by atoms with Crippen molar-refractivity contribution in [3.63, 3.8) is 0 Å². The summed E-state index contributed by atoms with van der Waals surface area (Å²) >= 11 is 0. The van der Waals surface area contributed by atoms with Gasteiger partial charge < -0.3 is 20.1 Å². The molecule has 2 aromatic carbocycles. The number of nitrogens with one attached hydrogen (secondary N) is 1. The fourth-order valence-corrected chi connectivity index (χ4v) is 4.23. The highest BCUT2D eigenvalue weighted by atomic mass is 19.4. The van der Waals surface area contributed by atoms with Crippen LogP contribution in [0.3, 0.4) is 0 Å². The van der Waals surface area contributed by atoms with Gasteiger partial charge in [0.2, 0.25) is 5.91 Å². The molecule has 0 fully saturated rings. The topological polar surface area (TPSA) is 95.9 Å². The normalized spacial score (nSPS) is 14.5. The van der Waals surface area contributed by atoms with Crippen LogP contribution in [0.4, 0.5) is 18.0 Å². The van der Waals surface area contributed by atoms with Crippen LogP contribution in [-0.4, -0.2) is 59.9 Å². The number of carbonyl (C=O) groups excluding carboxylic acids is 2. The second-order valence-corrected chi connectivity index (χ2v) is 8.05. The number of hydrogen-bond donors (Lipinski definition) is 2. The van der Waals surface area contributed by atoms with Crippen LogP contribution < -0.4 is 5.32 Å². The first kappa shape index (κ1) is 25.1. The van der Waals surface area contributed by atoms with E-state index in [1.165, 1.54) is 6.92 Å². The van der Waals surface area contributed by atoms with E-state index >= 15 is 0 Å². The Balaban J connectivity index is 1.73. The van der Waals surface area contributed by atoms with E-state index in [1.54, 1.807) is 0 Å². The maximum absolute atomic E-state index is 13.1. The highest BCUT2D eigenvalue weighted by Crippen LogP contribution is 2.44. The van der Waals surface area contributed by atoms with Gasteiger partial charge >= 0.3 is 18.2 Å². The molecule has 7 nitrogen and oxygen atoms in total. The lowest BCUT2D eigenvalue weighted by molar-refractivity contribution is -0.158. The van der Waals surface area contributed by atoms with Gasteiger partial charge in [0.1, 0.15) is 18.7 Å². The van der Waals surface area contributed by atoms with E-state index in [9.17, 15) is 32.7 Å². The van der Waals surface area contributed by atoms with E-state index in [4.69, 9.17) is 4.74 Å². The second kappa shape index (κ2) is 10.1. The molecule has 0 spiro atoms. The largest absolute Gasteiger partial charge is 0.480 e. The Morgan fingerprint density at radius 3 is 2.06 bits per heavy atom. The number of alkyl halides is 3. The predicted molar refractivity (Wildman–Crippen MR) is 117 cm³/mol. The third kappa shape index (κ3) is 5.49. The Hall–Kier alpha value is -3.56. The van der Waals surface area contributed by atoms with E-state index in [-0.39, 0.29) is 18.9 Å². The van der Waals surface area contributed by atoms with Crippen LogP contribution in [0.1, 0.15) is 36.8 Å². The van der Waals surface area contributed by atoms with E-state index < -0.39 is 42.7 Å². The molecule has 2 aromatic rings. The fourth-order valence-electron chi connectivity index (χ4n) is 4.23. The minimum absolute atomic E-state index is 0.0126. The number of fused-ring (bicyclic) bond motifs is 3. The number of carbonyl (C=O) groups is 3. The number of alkyl carbamates (subject to hydrolysis) is 1. The van der Waals surface area contributed by atoms with Crippen LogP contribution in [0.2, 0.25) is 0 Å². The maximum Gasteiger partial charge on any atom is 0.407 e. The van der Waals surface area contributed by atoms with Crippen molar-refractivity contribution in [1.82, 2.24) is 10.2 Å². The molecule has 2 atom stereocenters. The van der Waals surface area contributed by atoms with Crippen LogP contribution in [-0.2, 0) is 14.3 Å². The van der Waals surface area contributed by atoms with Gasteiger partial charge in [-0.15, -0.1) is 0 Å². The summed E-state index contributed by atoms with van der Waals surface area (Å²) in [5.41, 5.74) is 3.81. The number of ether oxygens (including phenoxy) is 1. The number of halogens is 3. The highest BCUT2D eigenvalue weighted by Gasteiger charge is 2.40. The van der Waals surface area contributed by atoms with Crippen LogP contribution in [0, 0.1) is 0 Å². The number of benzene rings is 2. The average Bonchev–Trinajstić information content (AvgIpc) is 3.09. The molecule has 182 valence electrons. The fraction of sp³-hybridized carbons (Fsp3) is 0.375. The molecule has 0 bridgehead atoms. The van der Waals surface area contributed by atoms with Gasteiger partial charge in [-0.3, -0.25) is 4.79 Å². The lowest BCUT2D eigenvalue weighted by atomic mass is 9.98. The lowest BCUT2D eigenvalue weighted by Crippen LogP contribution is -2.53. The van der Waals surface area contributed by atoms with Crippen LogP contribution in [0.15, 0.2) is 48.5 Å². The Labute approximate surface area is 194 Å². The summed E-state index contributed by atoms with van der Waals surface area (Å²) in [5.74, 6) is -2.83. The number of carboxylic acid groups (broad SMARTS) is 1. The molecule has 0 heterocycles. The Bertz CT molecular complexity index is 1030. The molecule has 2 unspecified atom stereocenters. The van der Waals surface area contributed by atoms with E-state index in [2.05, 4.69) is 0 Å². The molecule has 10 heteroatoms. The molecule has 0 aromatic heterocycles. The van der Waals surface area contributed by atoms with Gasteiger partial charge in [0.05, 0.1) is 6.42 Å². The molecular formula is C24H25F3N2O5. The van der Waals surface area contributed by atoms with Crippen molar-refractivity contribution >= 4 is 18.0 Å². The van der Waals surface area contributed by atoms with Crippen LogP contribution in [0.5, 0.6) is 0 Å². The van der Waals surface area contributed by atoms with Gasteiger partial charge in [0.25, 0.3) is 0 Å². The molecule has 1 aliphatic carbocycles. The Morgan fingerprint density at radius 2 is 1.59 bits per heavy atom. The Kier molecular flexibility index (Phi) is 7.48. The smallest absolute Gasteiger partial charge is 0.407 e. The SMILES string of the molecule is CCC(C(=O)O)N(C)C(=O)C(CC(F)(F)F)NC(=O)OCC1c2ccccc2-c2ccccc21. The number of rotatable bonds is 8. The standard InChI is InChI=1S/C24H25F3N2O5/c1-3-20(22(31)32)29(2)21(30)19(12-24(25,26)27)28-23(33)34-13-18-16-10-6-4-8-14(16)15-9-5-7-11-17(15)18/h4-11,18-20H,3,12-13H2,1-2H3,(H,28,33)(H,31,32). The van der Waals surface area contributed by atoms with Gasteiger partial charge in [-0.2, -0.15) is 13.2 Å². The lowest BCUT2D eigenvalue weighted by Gasteiger charge is -2.29. The first-order chi connectivity index (χ1) is 16.0. The summed E-state index contributed by atoms with van der Waals surface area (Å²) in [6.07, 6.45) is -7.64. The van der Waals surface area contributed by atoms with E-state index in [0.29, 0.717) is 4.90 Å². The van der Waals surface area contributed by atoms with Crippen LogP contribution >= 0.6 is 0 Å². The number of likely N-dealkylation sites (N-methyl/N-ethyl adjacent to an activating group) is 1.